The van der Waals surface area contributed by atoms with Crippen molar-refractivity contribution >= 4 is 5.78 Å². The largest absolute Gasteiger partial charge is 0.300 e. The van der Waals surface area contributed by atoms with Crippen molar-refractivity contribution in [3.63, 3.8) is 0 Å². The highest BCUT2D eigenvalue weighted by atomic mass is 16.1. The molecule has 0 saturated heterocycles. The van der Waals surface area contributed by atoms with Crippen LogP contribution in [-0.2, 0) is 17.9 Å². The fraction of sp³-hybridized carbons (Fsp3) is 0.350. The Kier molecular flexibility index (Phi) is 6.85. The number of carbonyl (C=O) groups is 1. The molecule has 0 atom stereocenters. The first-order chi connectivity index (χ1) is 10.7. The second-order valence-corrected chi connectivity index (χ2v) is 5.84. The van der Waals surface area contributed by atoms with E-state index in [2.05, 4.69) is 65.6 Å². The topological polar surface area (TPSA) is 20.3 Å². The fourth-order valence-electron chi connectivity index (χ4n) is 2.61. The van der Waals surface area contributed by atoms with Crippen molar-refractivity contribution in [2.24, 2.45) is 0 Å². The third kappa shape index (κ3) is 6.23. The number of nitrogens with zero attached hydrogens (tertiary/aromatic N) is 1. The second kappa shape index (κ2) is 9.16. The highest BCUT2D eigenvalue weighted by Crippen LogP contribution is 2.11. The first kappa shape index (κ1) is 16.4. The van der Waals surface area contributed by atoms with Crippen LogP contribution in [0, 0.1) is 0 Å². The van der Waals surface area contributed by atoms with E-state index in [0.717, 1.165) is 32.5 Å². The van der Waals surface area contributed by atoms with Gasteiger partial charge in [-0.3, -0.25) is 4.90 Å². The lowest BCUT2D eigenvalue weighted by Crippen LogP contribution is -2.24. The maximum Gasteiger partial charge on any atom is 0.129 e. The van der Waals surface area contributed by atoms with E-state index in [1.807, 2.05) is 0 Å². The first-order valence-corrected chi connectivity index (χ1v) is 8.03. The van der Waals surface area contributed by atoms with E-state index in [-0.39, 0.29) is 5.78 Å². The van der Waals surface area contributed by atoms with Crippen LogP contribution in [0.15, 0.2) is 60.7 Å². The highest BCUT2D eigenvalue weighted by Gasteiger charge is 2.07. The quantitative estimate of drug-likeness (QED) is 0.637. The van der Waals surface area contributed by atoms with Gasteiger partial charge in [0.25, 0.3) is 0 Å². The SMILES string of the molecule is CC(=O)CCCCN(Cc1ccccc1)Cc1ccccc1. The lowest BCUT2D eigenvalue weighted by atomic mass is 10.1. The Labute approximate surface area is 133 Å². The van der Waals surface area contributed by atoms with Gasteiger partial charge in [0.15, 0.2) is 0 Å². The molecule has 2 rings (SSSR count). The van der Waals surface area contributed by atoms with Crippen molar-refractivity contribution in [3.8, 4) is 0 Å². The summed E-state index contributed by atoms with van der Waals surface area (Å²) < 4.78 is 0. The number of carbonyl (C=O) groups excluding carboxylic acids is 1. The Morgan fingerprint density at radius 1 is 0.818 bits per heavy atom. The molecule has 0 N–H and O–H groups in total. The van der Waals surface area contributed by atoms with Gasteiger partial charge in [0, 0.05) is 19.5 Å². The molecule has 2 heteroatoms. The van der Waals surface area contributed by atoms with E-state index in [1.165, 1.54) is 11.1 Å². The molecule has 0 aliphatic rings. The lowest BCUT2D eigenvalue weighted by Gasteiger charge is -2.22. The molecule has 0 fully saturated rings. The Morgan fingerprint density at radius 2 is 1.32 bits per heavy atom. The van der Waals surface area contributed by atoms with Crippen molar-refractivity contribution in [1.29, 1.82) is 0 Å². The minimum absolute atomic E-state index is 0.290. The van der Waals surface area contributed by atoms with Crippen molar-refractivity contribution in [2.75, 3.05) is 6.54 Å². The maximum absolute atomic E-state index is 11.1. The number of benzene rings is 2. The second-order valence-electron chi connectivity index (χ2n) is 5.84. The number of hydrogen-bond donors (Lipinski definition) is 0. The number of Topliss-reactive ketones (excluding diaryl/α,β-unsaturated/α-hetero) is 1. The molecule has 0 saturated carbocycles. The Balaban J connectivity index is 1.92. The zero-order chi connectivity index (χ0) is 15.6. The molecule has 22 heavy (non-hydrogen) atoms. The van der Waals surface area contributed by atoms with Gasteiger partial charge in [-0.05, 0) is 37.4 Å². The fourth-order valence-corrected chi connectivity index (χ4v) is 2.61. The molecule has 0 aromatic heterocycles. The van der Waals surface area contributed by atoms with Crippen molar-refractivity contribution in [3.05, 3.63) is 71.8 Å². The Bertz CT molecular complexity index is 509. The van der Waals surface area contributed by atoms with Crippen LogP contribution >= 0.6 is 0 Å². The number of ketones is 1. The van der Waals surface area contributed by atoms with E-state index in [4.69, 9.17) is 0 Å². The monoisotopic (exact) mass is 295 g/mol. The minimum Gasteiger partial charge on any atom is -0.300 e. The van der Waals surface area contributed by atoms with Crippen molar-refractivity contribution in [2.45, 2.75) is 39.3 Å². The summed E-state index contributed by atoms with van der Waals surface area (Å²) in [5.74, 6) is 0.290. The van der Waals surface area contributed by atoms with Crippen LogP contribution < -0.4 is 0 Å². The average Bonchev–Trinajstić information content (AvgIpc) is 2.53. The van der Waals surface area contributed by atoms with E-state index in [9.17, 15) is 4.79 Å². The predicted molar refractivity (Wildman–Crippen MR) is 91.5 cm³/mol. The van der Waals surface area contributed by atoms with Crippen LogP contribution in [0.4, 0.5) is 0 Å². The van der Waals surface area contributed by atoms with Gasteiger partial charge >= 0.3 is 0 Å². The molecule has 2 nitrogen and oxygen atoms in total. The molecule has 0 bridgehead atoms. The van der Waals surface area contributed by atoms with E-state index in [1.54, 1.807) is 6.92 Å². The highest BCUT2D eigenvalue weighted by molar-refractivity contribution is 5.75. The molecular weight excluding hydrogens is 270 g/mol. The van der Waals surface area contributed by atoms with Gasteiger partial charge in [-0.2, -0.15) is 0 Å². The van der Waals surface area contributed by atoms with Crippen LogP contribution in [0.25, 0.3) is 0 Å². The standard InChI is InChI=1S/C20H25NO/c1-18(22)10-8-9-15-21(16-19-11-4-2-5-12-19)17-20-13-6-3-7-14-20/h2-7,11-14H,8-10,15-17H2,1H3. The number of rotatable bonds is 9. The van der Waals surface area contributed by atoms with Gasteiger partial charge in [0.2, 0.25) is 0 Å². The molecule has 116 valence electrons. The predicted octanol–water partition coefficient (Wildman–Crippen LogP) is 4.45. The maximum atomic E-state index is 11.1. The zero-order valence-corrected chi connectivity index (χ0v) is 13.4. The molecule has 0 unspecified atom stereocenters. The molecule has 0 aliphatic heterocycles. The van der Waals surface area contributed by atoms with Gasteiger partial charge in [0.1, 0.15) is 5.78 Å². The molecule has 0 amide bonds. The summed E-state index contributed by atoms with van der Waals surface area (Å²) in [6, 6.07) is 21.2. The average molecular weight is 295 g/mol. The first-order valence-electron chi connectivity index (χ1n) is 8.03. The summed E-state index contributed by atoms with van der Waals surface area (Å²) >= 11 is 0. The molecule has 0 aliphatic carbocycles. The molecule has 2 aromatic rings. The van der Waals surface area contributed by atoms with E-state index < -0.39 is 0 Å². The zero-order valence-electron chi connectivity index (χ0n) is 13.4. The summed E-state index contributed by atoms with van der Waals surface area (Å²) in [6.45, 7) is 4.61. The van der Waals surface area contributed by atoms with Gasteiger partial charge in [-0.25, -0.2) is 0 Å². The third-order valence-electron chi connectivity index (χ3n) is 3.75. The minimum atomic E-state index is 0.290. The molecular formula is C20H25NO. The molecule has 0 spiro atoms. The smallest absolute Gasteiger partial charge is 0.129 e. The lowest BCUT2D eigenvalue weighted by molar-refractivity contribution is -0.117. The summed E-state index contributed by atoms with van der Waals surface area (Å²) in [5.41, 5.74) is 2.68. The summed E-state index contributed by atoms with van der Waals surface area (Å²) in [7, 11) is 0. The molecule has 0 heterocycles. The Morgan fingerprint density at radius 3 is 1.77 bits per heavy atom. The van der Waals surface area contributed by atoms with Crippen LogP contribution in [0.2, 0.25) is 0 Å². The Hall–Kier alpha value is -1.93. The van der Waals surface area contributed by atoms with Gasteiger partial charge in [-0.15, -0.1) is 0 Å². The van der Waals surface area contributed by atoms with Gasteiger partial charge in [-0.1, -0.05) is 60.7 Å². The summed E-state index contributed by atoms with van der Waals surface area (Å²) in [4.78, 5) is 13.5. The summed E-state index contributed by atoms with van der Waals surface area (Å²) in [5, 5.41) is 0. The van der Waals surface area contributed by atoms with Crippen LogP contribution in [0.1, 0.15) is 37.3 Å². The normalized spacial score (nSPS) is 10.8. The molecule has 2 aromatic carbocycles. The van der Waals surface area contributed by atoms with Crippen LogP contribution in [0.3, 0.4) is 0 Å². The van der Waals surface area contributed by atoms with E-state index in [0.29, 0.717) is 6.42 Å². The number of unbranched alkanes of at least 4 members (excludes halogenated alkanes) is 1. The van der Waals surface area contributed by atoms with Crippen LogP contribution in [0.5, 0.6) is 0 Å². The number of hydrogen-bond acceptors (Lipinski definition) is 2. The van der Waals surface area contributed by atoms with Gasteiger partial charge < -0.3 is 4.79 Å². The van der Waals surface area contributed by atoms with Crippen LogP contribution in [-0.4, -0.2) is 17.2 Å². The summed E-state index contributed by atoms with van der Waals surface area (Å²) in [6.07, 6.45) is 2.75. The van der Waals surface area contributed by atoms with Crippen molar-refractivity contribution in [1.82, 2.24) is 4.90 Å². The van der Waals surface area contributed by atoms with Gasteiger partial charge in [0.05, 0.1) is 0 Å². The molecule has 0 radical (unpaired) electrons. The van der Waals surface area contributed by atoms with E-state index >= 15 is 0 Å². The van der Waals surface area contributed by atoms with Crippen molar-refractivity contribution < 1.29 is 4.79 Å². The third-order valence-corrected chi connectivity index (χ3v) is 3.75.